The average Bonchev–Trinajstić information content (AvgIpc) is 2.54. The molecule has 1 heterocycles. The van der Waals surface area contributed by atoms with Crippen LogP contribution in [0.4, 0.5) is 0 Å². The summed E-state index contributed by atoms with van der Waals surface area (Å²) in [5.41, 5.74) is 9.26. The predicted molar refractivity (Wildman–Crippen MR) is 50.9 cm³/mol. The highest BCUT2D eigenvalue weighted by Gasteiger charge is 2.01. The van der Waals surface area contributed by atoms with Crippen LogP contribution in [0.15, 0.2) is 24.4 Å². The molecule has 2 nitrogen and oxygen atoms in total. The molecule has 2 heteroatoms. The fourth-order valence-corrected chi connectivity index (χ4v) is 1.53. The Bertz CT molecular complexity index is 401. The Morgan fingerprint density at radius 2 is 2.17 bits per heavy atom. The first-order valence-corrected chi connectivity index (χ1v) is 4.08. The Kier molecular flexibility index (Phi) is 1.62. The number of hydrogen-bond donors (Lipinski definition) is 2. The second kappa shape index (κ2) is 2.64. The fourth-order valence-electron chi connectivity index (χ4n) is 1.53. The Morgan fingerprint density at radius 3 is 2.92 bits per heavy atom. The quantitative estimate of drug-likeness (QED) is 0.657. The van der Waals surface area contributed by atoms with Crippen LogP contribution in [0.5, 0.6) is 0 Å². The summed E-state index contributed by atoms with van der Waals surface area (Å²) in [6.07, 6.45) is 1.96. The Labute approximate surface area is 71.4 Å². The number of benzene rings is 1. The van der Waals surface area contributed by atoms with Gasteiger partial charge in [0.15, 0.2) is 0 Å². The van der Waals surface area contributed by atoms with Gasteiger partial charge >= 0.3 is 0 Å². The summed E-state index contributed by atoms with van der Waals surface area (Å²) in [6, 6.07) is 6.27. The lowest BCUT2D eigenvalue weighted by molar-refractivity contribution is 1.08. The zero-order valence-corrected chi connectivity index (χ0v) is 7.09. The molecule has 0 saturated carbocycles. The minimum absolute atomic E-state index is 0.595. The molecule has 0 saturated heterocycles. The first kappa shape index (κ1) is 7.37. The predicted octanol–water partition coefficient (Wildman–Crippen LogP) is 1.94. The molecule has 0 bridgehead atoms. The van der Waals surface area contributed by atoms with Crippen molar-refractivity contribution < 1.29 is 0 Å². The largest absolute Gasteiger partial charge is 0.361 e. The summed E-state index contributed by atoms with van der Waals surface area (Å²) in [4.78, 5) is 3.20. The molecular formula is C10H12N2. The molecule has 0 amide bonds. The number of aromatic nitrogens is 1. The van der Waals surface area contributed by atoms with E-state index in [1.807, 2.05) is 6.20 Å². The molecule has 0 spiro atoms. The molecule has 0 aliphatic carbocycles. The molecule has 0 aliphatic heterocycles. The van der Waals surface area contributed by atoms with Gasteiger partial charge in [0.2, 0.25) is 0 Å². The van der Waals surface area contributed by atoms with Gasteiger partial charge in [-0.15, -0.1) is 0 Å². The summed E-state index contributed by atoms with van der Waals surface area (Å²) in [5, 5.41) is 1.28. The highest BCUT2D eigenvalue weighted by molar-refractivity contribution is 5.85. The normalized spacial score (nSPS) is 10.8. The third kappa shape index (κ3) is 0.924. The van der Waals surface area contributed by atoms with Crippen LogP contribution in [0.2, 0.25) is 0 Å². The zero-order valence-electron chi connectivity index (χ0n) is 7.09. The van der Waals surface area contributed by atoms with Gasteiger partial charge in [-0.05, 0) is 24.1 Å². The average molecular weight is 160 g/mol. The second-order valence-electron chi connectivity index (χ2n) is 3.01. The molecule has 12 heavy (non-hydrogen) atoms. The van der Waals surface area contributed by atoms with E-state index in [1.54, 1.807) is 0 Å². The van der Waals surface area contributed by atoms with Crippen molar-refractivity contribution in [1.82, 2.24) is 4.98 Å². The number of H-pyrrole nitrogens is 1. The summed E-state index contributed by atoms with van der Waals surface area (Å²) >= 11 is 0. The van der Waals surface area contributed by atoms with Gasteiger partial charge in [-0.1, -0.05) is 12.1 Å². The molecule has 1 aromatic carbocycles. The molecule has 0 radical (unpaired) electrons. The number of aromatic amines is 1. The number of nitrogens with one attached hydrogen (secondary N) is 1. The molecule has 0 aliphatic rings. The van der Waals surface area contributed by atoms with Gasteiger partial charge in [0.1, 0.15) is 0 Å². The van der Waals surface area contributed by atoms with Crippen molar-refractivity contribution in [3.63, 3.8) is 0 Å². The van der Waals surface area contributed by atoms with Gasteiger partial charge in [-0.3, -0.25) is 0 Å². The van der Waals surface area contributed by atoms with Crippen molar-refractivity contribution >= 4 is 10.9 Å². The molecule has 0 unspecified atom stereocenters. The highest BCUT2D eigenvalue weighted by Crippen LogP contribution is 2.20. The van der Waals surface area contributed by atoms with Crippen molar-refractivity contribution in [2.24, 2.45) is 5.73 Å². The Morgan fingerprint density at radius 1 is 1.33 bits per heavy atom. The van der Waals surface area contributed by atoms with E-state index < -0.39 is 0 Å². The second-order valence-corrected chi connectivity index (χ2v) is 3.01. The standard InChI is InChI=1S/C10H12N2/c1-7-2-3-8(6-11)10-9(7)4-5-12-10/h2-5,12H,6,11H2,1H3. The maximum Gasteiger partial charge on any atom is 0.0502 e. The van der Waals surface area contributed by atoms with Crippen LogP contribution in [0.25, 0.3) is 10.9 Å². The van der Waals surface area contributed by atoms with E-state index in [0.29, 0.717) is 6.54 Å². The smallest absolute Gasteiger partial charge is 0.0502 e. The third-order valence-corrected chi connectivity index (χ3v) is 2.25. The van der Waals surface area contributed by atoms with Crippen LogP contribution in [0, 0.1) is 6.92 Å². The van der Waals surface area contributed by atoms with E-state index in [4.69, 9.17) is 5.73 Å². The van der Waals surface area contributed by atoms with E-state index in [9.17, 15) is 0 Å². The summed E-state index contributed by atoms with van der Waals surface area (Å²) in [5.74, 6) is 0. The lowest BCUT2D eigenvalue weighted by atomic mass is 10.1. The number of hydrogen-bond acceptors (Lipinski definition) is 1. The monoisotopic (exact) mass is 160 g/mol. The number of aryl methyl sites for hydroxylation is 1. The van der Waals surface area contributed by atoms with Crippen LogP contribution in [-0.2, 0) is 6.54 Å². The van der Waals surface area contributed by atoms with E-state index in [2.05, 4.69) is 30.1 Å². The van der Waals surface area contributed by atoms with Gasteiger partial charge < -0.3 is 10.7 Å². The van der Waals surface area contributed by atoms with Crippen molar-refractivity contribution in [1.29, 1.82) is 0 Å². The first-order chi connectivity index (χ1) is 5.83. The van der Waals surface area contributed by atoms with Gasteiger partial charge in [0.05, 0.1) is 5.52 Å². The third-order valence-electron chi connectivity index (χ3n) is 2.25. The fraction of sp³-hybridized carbons (Fsp3) is 0.200. The molecule has 3 N–H and O–H groups in total. The molecule has 2 rings (SSSR count). The SMILES string of the molecule is Cc1ccc(CN)c2[nH]ccc12. The zero-order chi connectivity index (χ0) is 8.55. The summed E-state index contributed by atoms with van der Waals surface area (Å²) in [7, 11) is 0. The van der Waals surface area contributed by atoms with E-state index in [-0.39, 0.29) is 0 Å². The lowest BCUT2D eigenvalue weighted by Crippen LogP contribution is -1.97. The van der Waals surface area contributed by atoms with Gasteiger partial charge in [0, 0.05) is 18.1 Å². The van der Waals surface area contributed by atoms with Gasteiger partial charge in [-0.25, -0.2) is 0 Å². The molecule has 0 atom stereocenters. The molecular weight excluding hydrogens is 148 g/mol. The van der Waals surface area contributed by atoms with Crippen molar-refractivity contribution in [3.05, 3.63) is 35.5 Å². The number of rotatable bonds is 1. The minimum Gasteiger partial charge on any atom is -0.361 e. The molecule has 0 fully saturated rings. The Hall–Kier alpha value is -1.28. The number of fused-ring (bicyclic) bond motifs is 1. The Balaban J connectivity index is 2.82. The maximum absolute atomic E-state index is 5.61. The van der Waals surface area contributed by atoms with Crippen molar-refractivity contribution in [2.75, 3.05) is 0 Å². The van der Waals surface area contributed by atoms with Crippen LogP contribution >= 0.6 is 0 Å². The van der Waals surface area contributed by atoms with Crippen LogP contribution in [0.3, 0.4) is 0 Å². The molecule has 2 aromatic rings. The summed E-state index contributed by atoms with van der Waals surface area (Å²) in [6.45, 7) is 2.70. The van der Waals surface area contributed by atoms with Crippen molar-refractivity contribution in [3.8, 4) is 0 Å². The highest BCUT2D eigenvalue weighted by atomic mass is 14.7. The lowest BCUT2D eigenvalue weighted by Gasteiger charge is -2.01. The van der Waals surface area contributed by atoms with E-state index in [0.717, 1.165) is 0 Å². The molecule has 1 aromatic heterocycles. The molecule has 62 valence electrons. The van der Waals surface area contributed by atoms with Crippen molar-refractivity contribution in [2.45, 2.75) is 13.5 Å². The van der Waals surface area contributed by atoms with Crippen LogP contribution in [0.1, 0.15) is 11.1 Å². The summed E-state index contributed by atoms with van der Waals surface area (Å²) < 4.78 is 0. The number of nitrogens with two attached hydrogens (primary N) is 1. The van der Waals surface area contributed by atoms with E-state index >= 15 is 0 Å². The minimum atomic E-state index is 0.595. The van der Waals surface area contributed by atoms with Gasteiger partial charge in [0.25, 0.3) is 0 Å². The van der Waals surface area contributed by atoms with Crippen LogP contribution in [-0.4, -0.2) is 4.98 Å². The first-order valence-electron chi connectivity index (χ1n) is 4.08. The van der Waals surface area contributed by atoms with E-state index in [1.165, 1.54) is 22.0 Å². The maximum atomic E-state index is 5.61. The van der Waals surface area contributed by atoms with Crippen LogP contribution < -0.4 is 5.73 Å². The van der Waals surface area contributed by atoms with Gasteiger partial charge in [-0.2, -0.15) is 0 Å². The topological polar surface area (TPSA) is 41.8 Å².